The Morgan fingerprint density at radius 1 is 0.921 bits per heavy atom. The summed E-state index contributed by atoms with van der Waals surface area (Å²) in [6.07, 6.45) is 3.25. The van der Waals surface area contributed by atoms with E-state index in [0.717, 1.165) is 49.0 Å². The van der Waals surface area contributed by atoms with Gasteiger partial charge in [-0.3, -0.25) is 9.29 Å². The average Bonchev–Trinajstić information content (AvgIpc) is 3.61. The van der Waals surface area contributed by atoms with Gasteiger partial charge in [0.1, 0.15) is 5.69 Å². The normalized spacial score (nSPS) is 16.3. The van der Waals surface area contributed by atoms with Gasteiger partial charge in [-0.1, -0.05) is 35.9 Å². The fourth-order valence-corrected chi connectivity index (χ4v) is 4.85. The maximum Gasteiger partial charge on any atom is 0.314 e. The summed E-state index contributed by atoms with van der Waals surface area (Å²) < 4.78 is 41.7. The van der Waals surface area contributed by atoms with Gasteiger partial charge in [0.2, 0.25) is 5.89 Å². The number of anilines is 1. The van der Waals surface area contributed by atoms with Crippen LogP contribution in [0.5, 0.6) is 0 Å². The smallest absolute Gasteiger partial charge is 0.314 e. The van der Waals surface area contributed by atoms with Gasteiger partial charge >= 0.3 is 6.43 Å². The van der Waals surface area contributed by atoms with Crippen molar-refractivity contribution in [3.8, 4) is 22.7 Å². The second kappa shape index (κ2) is 11.8. The van der Waals surface area contributed by atoms with Gasteiger partial charge < -0.3 is 9.32 Å². The molecule has 0 spiro atoms. The minimum atomic E-state index is -2.78. The number of aromatic nitrogens is 5. The first kappa shape index (κ1) is 25.9. The van der Waals surface area contributed by atoms with Crippen molar-refractivity contribution in [1.29, 1.82) is 0 Å². The van der Waals surface area contributed by atoms with Crippen LogP contribution in [0, 0.1) is 0 Å². The number of hydrogen-bond acceptors (Lipinski definition) is 7. The third-order valence-electron chi connectivity index (χ3n) is 7.12. The van der Waals surface area contributed by atoms with E-state index < -0.39 is 12.3 Å². The van der Waals surface area contributed by atoms with Crippen molar-refractivity contribution in [2.45, 2.75) is 38.3 Å². The van der Waals surface area contributed by atoms with Gasteiger partial charge in [0.25, 0.3) is 5.89 Å². The number of rotatable bonds is 7. The summed E-state index contributed by atoms with van der Waals surface area (Å²) in [5.41, 5.74) is 4.67. The van der Waals surface area contributed by atoms with Crippen LogP contribution in [0.3, 0.4) is 0 Å². The van der Waals surface area contributed by atoms with Gasteiger partial charge in [-0.05, 0) is 42.7 Å². The van der Waals surface area contributed by atoms with Crippen molar-refractivity contribution < 1.29 is 17.6 Å². The molecule has 0 amide bonds. The lowest BCUT2D eigenvalue weighted by Gasteiger charge is -2.43. The standard InChI is InChI=1S/C26H27F2N7O.CH3F/c27-24(28)26-31-30-25(36-26)19-9-7-18(8-10-19)16-35-17-23(29-32-35)20-3-1-6-22(15-20)34-13-11-33(12-14-34)21-4-2-5-21;1-2/h1,3,6-10,15,17,21,24H,2,4-5,11-14,16H2;1H3. The van der Waals surface area contributed by atoms with Crippen LogP contribution in [0.2, 0.25) is 0 Å². The number of alkyl halides is 3. The molecular weight excluding hydrogens is 495 g/mol. The maximum atomic E-state index is 12.7. The lowest BCUT2D eigenvalue weighted by molar-refractivity contribution is 0.116. The van der Waals surface area contributed by atoms with Gasteiger partial charge in [0, 0.05) is 49.0 Å². The summed E-state index contributed by atoms with van der Waals surface area (Å²) in [5, 5.41) is 15.7. The lowest BCUT2D eigenvalue weighted by atomic mass is 9.91. The quantitative estimate of drug-likeness (QED) is 0.327. The second-order valence-electron chi connectivity index (χ2n) is 9.40. The molecule has 2 aromatic heterocycles. The molecule has 1 saturated carbocycles. The van der Waals surface area contributed by atoms with Crippen molar-refractivity contribution in [3.63, 3.8) is 0 Å². The molecule has 4 aromatic rings. The zero-order valence-electron chi connectivity index (χ0n) is 21.2. The Morgan fingerprint density at radius 2 is 1.68 bits per heavy atom. The summed E-state index contributed by atoms with van der Waals surface area (Å²) in [7, 11) is 0.500. The third kappa shape index (κ3) is 5.72. The van der Waals surface area contributed by atoms with Crippen LogP contribution in [0.1, 0.15) is 37.1 Å². The highest BCUT2D eigenvalue weighted by Crippen LogP contribution is 2.28. The van der Waals surface area contributed by atoms with Gasteiger partial charge in [0.15, 0.2) is 0 Å². The molecule has 8 nitrogen and oxygen atoms in total. The molecule has 0 bridgehead atoms. The van der Waals surface area contributed by atoms with Crippen LogP contribution < -0.4 is 4.90 Å². The molecule has 1 saturated heterocycles. The van der Waals surface area contributed by atoms with E-state index in [1.807, 2.05) is 18.3 Å². The van der Waals surface area contributed by atoms with Crippen LogP contribution in [0.25, 0.3) is 22.7 Å². The minimum absolute atomic E-state index is 0.0734. The molecule has 38 heavy (non-hydrogen) atoms. The van der Waals surface area contributed by atoms with Gasteiger partial charge in [-0.15, -0.1) is 15.3 Å². The highest BCUT2D eigenvalue weighted by Gasteiger charge is 2.28. The van der Waals surface area contributed by atoms with E-state index >= 15 is 0 Å². The first-order chi connectivity index (χ1) is 18.6. The monoisotopic (exact) mass is 525 g/mol. The summed E-state index contributed by atoms with van der Waals surface area (Å²) in [6.45, 7) is 4.89. The SMILES string of the molecule is CF.FC(F)c1nnc(-c2ccc(Cn3cc(-c4cccc(N5CCN(C6CCC6)CC5)c4)nn3)cc2)o1. The molecule has 6 rings (SSSR count). The fraction of sp³-hybridized carbons (Fsp3) is 0.407. The summed E-state index contributed by atoms with van der Waals surface area (Å²) >= 11 is 0. The summed E-state index contributed by atoms with van der Waals surface area (Å²) in [5.74, 6) is -0.603. The predicted molar refractivity (Wildman–Crippen MR) is 138 cm³/mol. The molecule has 3 heterocycles. The highest BCUT2D eigenvalue weighted by atomic mass is 19.3. The molecule has 0 radical (unpaired) electrons. The predicted octanol–water partition coefficient (Wildman–Crippen LogP) is 5.24. The Balaban J connectivity index is 0.00000144. The summed E-state index contributed by atoms with van der Waals surface area (Å²) in [6, 6.07) is 16.6. The molecule has 2 aliphatic rings. The number of hydrogen-bond donors (Lipinski definition) is 0. The van der Waals surface area contributed by atoms with E-state index in [9.17, 15) is 13.2 Å². The van der Waals surface area contributed by atoms with Crippen molar-refractivity contribution in [2.75, 3.05) is 38.3 Å². The van der Waals surface area contributed by atoms with Gasteiger partial charge in [0.05, 0.1) is 19.9 Å². The number of halogens is 3. The van der Waals surface area contributed by atoms with E-state index in [1.165, 1.54) is 24.9 Å². The highest BCUT2D eigenvalue weighted by molar-refractivity contribution is 5.65. The number of nitrogens with zero attached hydrogens (tertiary/aromatic N) is 7. The zero-order valence-corrected chi connectivity index (χ0v) is 21.2. The Hall–Kier alpha value is -3.73. The van der Waals surface area contributed by atoms with Crippen LogP contribution in [0.4, 0.5) is 18.9 Å². The van der Waals surface area contributed by atoms with Crippen LogP contribution >= 0.6 is 0 Å². The largest absolute Gasteiger partial charge is 0.415 e. The van der Waals surface area contributed by atoms with Crippen LogP contribution in [-0.4, -0.2) is 69.5 Å². The molecule has 0 atom stereocenters. The van der Waals surface area contributed by atoms with E-state index in [-0.39, 0.29) is 5.89 Å². The molecule has 1 aliphatic carbocycles. The summed E-state index contributed by atoms with van der Waals surface area (Å²) in [4.78, 5) is 5.10. The topological polar surface area (TPSA) is 76.1 Å². The van der Waals surface area contributed by atoms with E-state index in [1.54, 1.807) is 16.8 Å². The Kier molecular flexibility index (Phi) is 8.02. The first-order valence-corrected chi connectivity index (χ1v) is 12.7. The van der Waals surface area contributed by atoms with Crippen LogP contribution in [-0.2, 0) is 6.54 Å². The average molecular weight is 526 g/mol. The first-order valence-electron chi connectivity index (χ1n) is 12.7. The van der Waals surface area contributed by atoms with E-state index in [4.69, 9.17) is 4.42 Å². The second-order valence-corrected chi connectivity index (χ2v) is 9.40. The fourth-order valence-electron chi connectivity index (χ4n) is 4.85. The molecular formula is C27H30F3N7O. The number of piperazine rings is 1. The lowest BCUT2D eigenvalue weighted by Crippen LogP contribution is -2.52. The van der Waals surface area contributed by atoms with Gasteiger partial charge in [-0.25, -0.2) is 4.68 Å². The molecule has 0 unspecified atom stereocenters. The third-order valence-corrected chi connectivity index (χ3v) is 7.12. The van der Waals surface area contributed by atoms with E-state index in [0.29, 0.717) is 19.3 Å². The number of benzene rings is 2. The Bertz CT molecular complexity index is 1310. The maximum absolute atomic E-state index is 12.7. The molecule has 2 fully saturated rings. The molecule has 11 heteroatoms. The zero-order chi connectivity index (χ0) is 26.5. The van der Waals surface area contributed by atoms with Crippen molar-refractivity contribution >= 4 is 5.69 Å². The molecule has 0 N–H and O–H groups in total. The van der Waals surface area contributed by atoms with Gasteiger partial charge in [-0.2, -0.15) is 8.78 Å². The molecule has 1 aliphatic heterocycles. The Morgan fingerprint density at radius 3 is 2.34 bits per heavy atom. The van der Waals surface area contributed by atoms with Crippen LogP contribution in [0.15, 0.2) is 59.1 Å². The van der Waals surface area contributed by atoms with E-state index in [2.05, 4.69) is 54.6 Å². The Labute approximate surface area is 219 Å². The van der Waals surface area contributed by atoms with Crippen molar-refractivity contribution in [2.24, 2.45) is 0 Å². The molecule has 2 aromatic carbocycles. The van der Waals surface area contributed by atoms with Crippen molar-refractivity contribution in [1.82, 2.24) is 30.1 Å². The minimum Gasteiger partial charge on any atom is -0.415 e. The van der Waals surface area contributed by atoms with Crippen molar-refractivity contribution in [3.05, 3.63) is 66.2 Å². The molecule has 200 valence electrons.